The largest absolute Gasteiger partial charge is 0.504 e. The van der Waals surface area contributed by atoms with Crippen LogP contribution in [0.1, 0.15) is 48.7 Å². The molecule has 1 heterocycles. The van der Waals surface area contributed by atoms with Gasteiger partial charge in [-0.1, -0.05) is 12.1 Å². The highest BCUT2D eigenvalue weighted by molar-refractivity contribution is 7.98. The average molecular weight is 376 g/mol. The van der Waals surface area contributed by atoms with Crippen molar-refractivity contribution in [1.29, 1.82) is 0 Å². The number of benzene rings is 1. The SMILES string of the molecule is COCc1nc(CC2CCC(c3ccc(F)cc3)CC2)nc(SC)c1O. The number of halogens is 1. The minimum absolute atomic E-state index is 0.128. The monoisotopic (exact) mass is 376 g/mol. The minimum atomic E-state index is -0.177. The summed E-state index contributed by atoms with van der Waals surface area (Å²) in [4.78, 5) is 9.03. The van der Waals surface area contributed by atoms with Gasteiger partial charge in [-0.05, 0) is 61.5 Å². The summed E-state index contributed by atoms with van der Waals surface area (Å²) in [6.07, 6.45) is 7.15. The molecule has 0 amide bonds. The molecule has 1 aliphatic rings. The van der Waals surface area contributed by atoms with Crippen LogP contribution in [-0.2, 0) is 17.8 Å². The molecule has 1 saturated carbocycles. The van der Waals surface area contributed by atoms with E-state index in [4.69, 9.17) is 4.74 Å². The van der Waals surface area contributed by atoms with Gasteiger partial charge in [0, 0.05) is 13.5 Å². The van der Waals surface area contributed by atoms with Crippen LogP contribution in [0.3, 0.4) is 0 Å². The maximum atomic E-state index is 13.1. The van der Waals surface area contributed by atoms with Gasteiger partial charge in [0.05, 0.1) is 6.61 Å². The molecule has 2 aromatic rings. The average Bonchev–Trinajstić information content (AvgIpc) is 2.66. The van der Waals surface area contributed by atoms with Crippen LogP contribution in [0.15, 0.2) is 29.3 Å². The summed E-state index contributed by atoms with van der Waals surface area (Å²) in [5.41, 5.74) is 1.79. The van der Waals surface area contributed by atoms with Gasteiger partial charge in [-0.25, -0.2) is 14.4 Å². The number of aromatic hydroxyl groups is 1. The van der Waals surface area contributed by atoms with E-state index in [1.807, 2.05) is 18.4 Å². The third-order valence-corrected chi connectivity index (χ3v) is 5.78. The Balaban J connectivity index is 1.64. The smallest absolute Gasteiger partial charge is 0.172 e. The minimum Gasteiger partial charge on any atom is -0.504 e. The molecular weight excluding hydrogens is 351 g/mol. The van der Waals surface area contributed by atoms with Crippen molar-refractivity contribution in [2.75, 3.05) is 13.4 Å². The molecule has 1 aromatic heterocycles. The van der Waals surface area contributed by atoms with Gasteiger partial charge in [-0.15, -0.1) is 11.8 Å². The number of hydrogen-bond donors (Lipinski definition) is 1. The quantitative estimate of drug-likeness (QED) is 0.585. The first-order valence-corrected chi connectivity index (χ1v) is 10.2. The molecule has 0 bridgehead atoms. The van der Waals surface area contributed by atoms with Crippen molar-refractivity contribution >= 4 is 11.8 Å². The van der Waals surface area contributed by atoms with Crippen molar-refractivity contribution in [2.24, 2.45) is 5.92 Å². The second-order valence-corrected chi connectivity index (χ2v) is 7.65. The summed E-state index contributed by atoms with van der Waals surface area (Å²) in [7, 11) is 1.59. The summed E-state index contributed by atoms with van der Waals surface area (Å²) in [5, 5.41) is 10.8. The zero-order valence-corrected chi connectivity index (χ0v) is 16.1. The number of rotatable bonds is 6. The predicted octanol–water partition coefficient (Wildman–Crippen LogP) is 4.71. The van der Waals surface area contributed by atoms with E-state index in [0.717, 1.165) is 37.9 Å². The van der Waals surface area contributed by atoms with Crippen molar-refractivity contribution in [2.45, 2.75) is 49.7 Å². The third kappa shape index (κ3) is 4.54. The van der Waals surface area contributed by atoms with E-state index >= 15 is 0 Å². The first-order valence-electron chi connectivity index (χ1n) is 8.97. The van der Waals surface area contributed by atoms with E-state index < -0.39 is 0 Å². The molecule has 1 N–H and O–H groups in total. The van der Waals surface area contributed by atoms with Crippen molar-refractivity contribution in [3.05, 3.63) is 47.2 Å². The predicted molar refractivity (Wildman–Crippen MR) is 101 cm³/mol. The lowest BCUT2D eigenvalue weighted by Gasteiger charge is -2.28. The highest BCUT2D eigenvalue weighted by Gasteiger charge is 2.24. The molecule has 1 aromatic carbocycles. The van der Waals surface area contributed by atoms with E-state index in [9.17, 15) is 9.50 Å². The molecule has 1 aliphatic carbocycles. The summed E-state index contributed by atoms with van der Waals surface area (Å²) >= 11 is 1.42. The summed E-state index contributed by atoms with van der Waals surface area (Å²) in [6.45, 7) is 0.284. The van der Waals surface area contributed by atoms with Gasteiger partial charge >= 0.3 is 0 Å². The Morgan fingerprint density at radius 1 is 1.15 bits per heavy atom. The molecule has 0 saturated heterocycles. The molecule has 6 heteroatoms. The van der Waals surface area contributed by atoms with Gasteiger partial charge in [0.15, 0.2) is 5.75 Å². The number of thioether (sulfide) groups is 1. The summed E-state index contributed by atoms with van der Waals surface area (Å²) < 4.78 is 18.2. The number of nitrogens with zero attached hydrogens (tertiary/aromatic N) is 2. The highest BCUT2D eigenvalue weighted by Crippen LogP contribution is 2.37. The Hall–Kier alpha value is -1.66. The fraction of sp³-hybridized carbons (Fsp3) is 0.500. The van der Waals surface area contributed by atoms with Gasteiger partial charge in [-0.3, -0.25) is 0 Å². The maximum absolute atomic E-state index is 13.1. The Morgan fingerprint density at radius 2 is 1.85 bits per heavy atom. The first kappa shape index (κ1) is 19.1. The van der Waals surface area contributed by atoms with Crippen LogP contribution in [0.4, 0.5) is 4.39 Å². The molecule has 0 atom stereocenters. The van der Waals surface area contributed by atoms with E-state index in [1.54, 1.807) is 19.2 Å². The molecule has 140 valence electrons. The molecule has 0 aliphatic heterocycles. The van der Waals surface area contributed by atoms with E-state index in [2.05, 4.69) is 9.97 Å². The Labute approximate surface area is 158 Å². The topological polar surface area (TPSA) is 55.2 Å². The molecule has 4 nitrogen and oxygen atoms in total. The van der Waals surface area contributed by atoms with E-state index in [-0.39, 0.29) is 18.2 Å². The van der Waals surface area contributed by atoms with Gasteiger partial charge in [0.25, 0.3) is 0 Å². The second-order valence-electron chi connectivity index (χ2n) is 6.85. The van der Waals surface area contributed by atoms with Crippen LogP contribution in [0.5, 0.6) is 5.75 Å². The van der Waals surface area contributed by atoms with Crippen LogP contribution >= 0.6 is 11.8 Å². The van der Waals surface area contributed by atoms with Crippen LogP contribution < -0.4 is 0 Å². The van der Waals surface area contributed by atoms with Gasteiger partial charge in [-0.2, -0.15) is 0 Å². The molecule has 3 rings (SSSR count). The Bertz CT molecular complexity index is 731. The maximum Gasteiger partial charge on any atom is 0.172 e. The lowest BCUT2D eigenvalue weighted by molar-refractivity contribution is 0.177. The highest BCUT2D eigenvalue weighted by atomic mass is 32.2. The van der Waals surface area contributed by atoms with Crippen molar-refractivity contribution in [1.82, 2.24) is 9.97 Å². The Morgan fingerprint density at radius 3 is 2.46 bits per heavy atom. The first-order chi connectivity index (χ1) is 12.6. The van der Waals surface area contributed by atoms with Crippen LogP contribution in [0, 0.1) is 11.7 Å². The van der Waals surface area contributed by atoms with Crippen LogP contribution in [0.25, 0.3) is 0 Å². The number of hydrogen-bond acceptors (Lipinski definition) is 5. The summed E-state index contributed by atoms with van der Waals surface area (Å²) in [6, 6.07) is 6.91. The summed E-state index contributed by atoms with van der Waals surface area (Å²) in [5.74, 6) is 1.79. The molecule has 1 fully saturated rings. The third-order valence-electron chi connectivity index (χ3n) is 5.10. The molecule has 0 unspecified atom stereocenters. The van der Waals surface area contributed by atoms with E-state index in [0.29, 0.717) is 22.6 Å². The fourth-order valence-corrected chi connectivity index (χ4v) is 4.20. The number of aromatic nitrogens is 2. The lowest BCUT2D eigenvalue weighted by Crippen LogP contribution is -2.17. The normalized spacial score (nSPS) is 20.3. The molecular formula is C20H25FN2O2S. The zero-order chi connectivity index (χ0) is 18.5. The standard InChI is InChI=1S/C20H25FN2O2S/c1-25-12-17-19(24)20(26-2)23-18(22-17)11-13-3-5-14(6-4-13)15-7-9-16(21)10-8-15/h7-10,13-14,24H,3-6,11-12H2,1-2H3. The molecule has 26 heavy (non-hydrogen) atoms. The number of methoxy groups -OCH3 is 1. The fourth-order valence-electron chi connectivity index (χ4n) is 3.69. The lowest BCUT2D eigenvalue weighted by atomic mass is 9.77. The second kappa shape index (κ2) is 8.82. The van der Waals surface area contributed by atoms with Gasteiger partial charge < -0.3 is 9.84 Å². The number of ether oxygens (including phenoxy) is 1. The van der Waals surface area contributed by atoms with Crippen LogP contribution in [0.2, 0.25) is 0 Å². The van der Waals surface area contributed by atoms with Gasteiger partial charge in [0.2, 0.25) is 0 Å². The van der Waals surface area contributed by atoms with Crippen molar-refractivity contribution in [3.8, 4) is 5.75 Å². The van der Waals surface area contributed by atoms with Crippen molar-refractivity contribution in [3.63, 3.8) is 0 Å². The van der Waals surface area contributed by atoms with Crippen LogP contribution in [-0.4, -0.2) is 28.4 Å². The molecule has 0 spiro atoms. The zero-order valence-electron chi connectivity index (χ0n) is 15.2. The Kier molecular flexibility index (Phi) is 6.48. The molecule has 0 radical (unpaired) electrons. The van der Waals surface area contributed by atoms with Crippen molar-refractivity contribution < 1.29 is 14.2 Å². The van der Waals surface area contributed by atoms with Gasteiger partial charge in [0.1, 0.15) is 22.4 Å². The van der Waals surface area contributed by atoms with E-state index in [1.165, 1.54) is 17.3 Å².